The lowest BCUT2D eigenvalue weighted by Gasteiger charge is -2.25. The smallest absolute Gasteiger partial charge is 0.0144 e. The average molecular weight is 501 g/mol. The van der Waals surface area contributed by atoms with Crippen LogP contribution in [-0.2, 0) is 6.42 Å². The van der Waals surface area contributed by atoms with Crippen LogP contribution in [0.3, 0.4) is 0 Å². The molecule has 0 aromatic heterocycles. The molecule has 0 N–H and O–H groups in total. The minimum absolute atomic E-state index is 0.550. The third-order valence-corrected chi connectivity index (χ3v) is 8.37. The third-order valence-electron chi connectivity index (χ3n) is 8.37. The van der Waals surface area contributed by atoms with Crippen LogP contribution in [0.5, 0.6) is 0 Å². The van der Waals surface area contributed by atoms with E-state index in [4.69, 9.17) is 0 Å². The van der Waals surface area contributed by atoms with Crippen LogP contribution in [0.2, 0.25) is 0 Å². The molecule has 0 aliphatic heterocycles. The lowest BCUT2D eigenvalue weighted by Crippen LogP contribution is -2.07. The van der Waals surface area contributed by atoms with Gasteiger partial charge >= 0.3 is 0 Å². The van der Waals surface area contributed by atoms with E-state index in [-0.39, 0.29) is 0 Å². The van der Waals surface area contributed by atoms with Crippen molar-refractivity contribution in [1.82, 2.24) is 0 Å². The predicted molar refractivity (Wildman–Crippen MR) is 168 cm³/mol. The van der Waals surface area contributed by atoms with Crippen LogP contribution < -0.4 is 0 Å². The lowest BCUT2D eigenvalue weighted by atomic mass is 9.79. The SMILES string of the molecule is C=C(C1=Cc2ccccc2C(C)C1)c1cc(C(CC)CCCC)ccc1CC.CC.CC1CCCCC1. The Labute approximate surface area is 230 Å². The van der Waals surface area contributed by atoms with Gasteiger partial charge in [0.2, 0.25) is 0 Å². The van der Waals surface area contributed by atoms with Crippen molar-refractivity contribution in [2.24, 2.45) is 5.92 Å². The highest BCUT2D eigenvalue weighted by atomic mass is 14.3. The molecule has 0 heteroatoms. The second-order valence-electron chi connectivity index (χ2n) is 11.1. The number of aryl methyl sites for hydroxylation is 1. The second kappa shape index (κ2) is 16.7. The molecule has 2 unspecified atom stereocenters. The second-order valence-corrected chi connectivity index (χ2v) is 11.1. The molecule has 0 heterocycles. The molecule has 0 saturated heterocycles. The number of fused-ring (bicyclic) bond motifs is 1. The Morgan fingerprint density at radius 3 is 2.24 bits per heavy atom. The van der Waals surface area contributed by atoms with Gasteiger partial charge < -0.3 is 0 Å². The molecule has 2 aromatic carbocycles. The van der Waals surface area contributed by atoms with E-state index in [1.54, 1.807) is 0 Å². The van der Waals surface area contributed by atoms with Crippen molar-refractivity contribution in [2.75, 3.05) is 0 Å². The van der Waals surface area contributed by atoms with Crippen molar-refractivity contribution < 1.29 is 0 Å². The van der Waals surface area contributed by atoms with Gasteiger partial charge in [-0.2, -0.15) is 0 Å². The summed E-state index contributed by atoms with van der Waals surface area (Å²) in [5.41, 5.74) is 9.74. The first-order valence-electron chi connectivity index (χ1n) is 15.6. The highest BCUT2D eigenvalue weighted by Crippen LogP contribution is 2.40. The Kier molecular flexibility index (Phi) is 14.1. The minimum Gasteiger partial charge on any atom is -0.0909 e. The fourth-order valence-electron chi connectivity index (χ4n) is 5.96. The van der Waals surface area contributed by atoms with Crippen LogP contribution in [0.1, 0.15) is 152 Å². The number of unbranched alkanes of at least 4 members (excludes halogenated alkanes) is 1. The van der Waals surface area contributed by atoms with Gasteiger partial charge in [0.1, 0.15) is 0 Å². The van der Waals surface area contributed by atoms with Gasteiger partial charge in [-0.1, -0.05) is 149 Å². The minimum atomic E-state index is 0.550. The molecule has 0 spiro atoms. The number of hydrogen-bond donors (Lipinski definition) is 0. The van der Waals surface area contributed by atoms with Gasteiger partial charge in [-0.15, -0.1) is 0 Å². The molecule has 204 valence electrons. The largest absolute Gasteiger partial charge is 0.0909 e. The van der Waals surface area contributed by atoms with Crippen molar-refractivity contribution in [2.45, 2.75) is 131 Å². The average Bonchev–Trinajstić information content (AvgIpc) is 2.95. The van der Waals surface area contributed by atoms with E-state index < -0.39 is 0 Å². The summed E-state index contributed by atoms with van der Waals surface area (Å²) in [5.74, 6) is 2.25. The van der Waals surface area contributed by atoms with E-state index in [0.29, 0.717) is 11.8 Å². The Morgan fingerprint density at radius 2 is 1.65 bits per heavy atom. The van der Waals surface area contributed by atoms with E-state index >= 15 is 0 Å². The van der Waals surface area contributed by atoms with Crippen LogP contribution in [0, 0.1) is 5.92 Å². The van der Waals surface area contributed by atoms with E-state index in [0.717, 1.165) is 18.8 Å². The van der Waals surface area contributed by atoms with E-state index in [1.165, 1.54) is 96.8 Å². The molecular weight excluding hydrogens is 444 g/mol. The normalized spacial score (nSPS) is 17.8. The molecule has 0 bridgehead atoms. The summed E-state index contributed by atoms with van der Waals surface area (Å²) in [4.78, 5) is 0. The maximum absolute atomic E-state index is 4.58. The highest BCUT2D eigenvalue weighted by Gasteiger charge is 2.21. The molecular formula is C37H56. The fraction of sp³-hybridized carbons (Fsp3) is 0.568. The first-order chi connectivity index (χ1) is 18.0. The zero-order chi connectivity index (χ0) is 27.2. The monoisotopic (exact) mass is 500 g/mol. The molecule has 1 saturated carbocycles. The van der Waals surface area contributed by atoms with Crippen molar-refractivity contribution >= 4 is 11.6 Å². The molecule has 2 aromatic rings. The molecule has 2 aliphatic rings. The maximum Gasteiger partial charge on any atom is -0.0144 e. The Morgan fingerprint density at radius 1 is 0.946 bits per heavy atom. The summed E-state index contributed by atoms with van der Waals surface area (Å²) >= 11 is 0. The Balaban J connectivity index is 0.000000455. The lowest BCUT2D eigenvalue weighted by molar-refractivity contribution is 0.385. The van der Waals surface area contributed by atoms with Gasteiger partial charge in [0.25, 0.3) is 0 Å². The standard InChI is InChI=1S/C28H36.C7H14.C2H6/c1-6-9-12-22(7-2)24-16-15-23(8-3)28(19-24)21(5)26-17-20(4)27-14-11-10-13-25(27)18-26;1-7-5-3-2-4-6-7;1-2/h10-11,13-16,18-20,22H,5-9,12,17H2,1-4H3;7H,2-6H2,1H3;1-2H3. The van der Waals surface area contributed by atoms with Crippen LogP contribution in [0.4, 0.5) is 0 Å². The molecule has 0 amide bonds. The summed E-state index contributed by atoms with van der Waals surface area (Å²) in [6.45, 7) is 20.2. The van der Waals surface area contributed by atoms with E-state index in [9.17, 15) is 0 Å². The predicted octanol–water partition coefficient (Wildman–Crippen LogP) is 12.1. The topological polar surface area (TPSA) is 0 Å². The Hall–Kier alpha value is -2.08. The van der Waals surface area contributed by atoms with Crippen molar-refractivity contribution in [1.29, 1.82) is 0 Å². The van der Waals surface area contributed by atoms with Crippen LogP contribution >= 0.6 is 0 Å². The van der Waals surface area contributed by atoms with Gasteiger partial charge in [0, 0.05) is 0 Å². The summed E-state index contributed by atoms with van der Waals surface area (Å²) in [7, 11) is 0. The molecule has 1 fully saturated rings. The van der Waals surface area contributed by atoms with Crippen LogP contribution in [0.25, 0.3) is 11.6 Å². The number of allylic oxidation sites excluding steroid dienone is 2. The molecule has 2 aliphatic carbocycles. The van der Waals surface area contributed by atoms with E-state index in [1.807, 2.05) is 13.8 Å². The van der Waals surface area contributed by atoms with Gasteiger partial charge in [0.05, 0.1) is 0 Å². The molecule has 2 atom stereocenters. The maximum atomic E-state index is 4.58. The molecule has 4 rings (SSSR count). The van der Waals surface area contributed by atoms with Gasteiger partial charge in [-0.25, -0.2) is 0 Å². The number of benzene rings is 2. The zero-order valence-corrected chi connectivity index (χ0v) is 25.3. The summed E-state index contributed by atoms with van der Waals surface area (Å²) < 4.78 is 0. The summed E-state index contributed by atoms with van der Waals surface area (Å²) in [6, 6.07) is 16.0. The molecule has 0 radical (unpaired) electrons. The molecule has 37 heavy (non-hydrogen) atoms. The first kappa shape index (κ1) is 31.1. The summed E-state index contributed by atoms with van der Waals surface area (Å²) in [5, 5.41) is 0. The van der Waals surface area contributed by atoms with Gasteiger partial charge in [-0.05, 0) is 82.4 Å². The Bertz CT molecular complexity index is 969. The van der Waals surface area contributed by atoms with Crippen molar-refractivity contribution in [3.8, 4) is 0 Å². The number of hydrogen-bond acceptors (Lipinski definition) is 0. The fourth-order valence-corrected chi connectivity index (χ4v) is 5.96. The number of rotatable bonds is 8. The third kappa shape index (κ3) is 9.01. The first-order valence-corrected chi connectivity index (χ1v) is 15.6. The van der Waals surface area contributed by atoms with Gasteiger partial charge in [0.15, 0.2) is 0 Å². The van der Waals surface area contributed by atoms with Gasteiger partial charge in [-0.3, -0.25) is 0 Å². The highest BCUT2D eigenvalue weighted by molar-refractivity contribution is 5.86. The van der Waals surface area contributed by atoms with Crippen LogP contribution in [0.15, 0.2) is 54.6 Å². The summed E-state index contributed by atoms with van der Waals surface area (Å²) in [6.07, 6.45) is 17.0. The van der Waals surface area contributed by atoms with Crippen molar-refractivity contribution in [3.63, 3.8) is 0 Å². The van der Waals surface area contributed by atoms with Crippen molar-refractivity contribution in [3.05, 3.63) is 82.4 Å². The van der Waals surface area contributed by atoms with E-state index in [2.05, 4.69) is 89.7 Å². The van der Waals surface area contributed by atoms with Crippen LogP contribution in [-0.4, -0.2) is 0 Å². The quantitative estimate of drug-likeness (QED) is 0.338. The molecule has 0 nitrogen and oxygen atoms in total. The zero-order valence-electron chi connectivity index (χ0n) is 25.3.